The van der Waals surface area contributed by atoms with Crippen molar-refractivity contribution in [3.63, 3.8) is 0 Å². The van der Waals surface area contributed by atoms with E-state index in [0.717, 1.165) is 17.0 Å². The highest BCUT2D eigenvalue weighted by Gasteiger charge is 2.19. The summed E-state index contributed by atoms with van der Waals surface area (Å²) in [6.07, 6.45) is 1.71. The van der Waals surface area contributed by atoms with Gasteiger partial charge in [-0.15, -0.1) is 0 Å². The van der Waals surface area contributed by atoms with E-state index in [4.69, 9.17) is 4.52 Å². The molecule has 0 saturated carbocycles. The first-order chi connectivity index (χ1) is 10.8. The Morgan fingerprint density at radius 2 is 2.00 bits per heavy atom. The molecule has 2 heterocycles. The van der Waals surface area contributed by atoms with Crippen molar-refractivity contribution in [3.05, 3.63) is 23.7 Å². The van der Waals surface area contributed by atoms with Crippen LogP contribution in [0, 0.1) is 12.8 Å². The number of hydrogen-bond donors (Lipinski definition) is 0. The summed E-state index contributed by atoms with van der Waals surface area (Å²) in [6, 6.07) is 1.84. The summed E-state index contributed by atoms with van der Waals surface area (Å²) in [6.45, 7) is 6.00. The lowest BCUT2D eigenvalue weighted by Crippen LogP contribution is -2.30. The number of hydrogen-bond acceptors (Lipinski definition) is 6. The van der Waals surface area contributed by atoms with E-state index in [9.17, 15) is 4.79 Å². The van der Waals surface area contributed by atoms with Crippen molar-refractivity contribution in [2.45, 2.75) is 27.3 Å². The average molecular weight is 317 g/mol. The van der Waals surface area contributed by atoms with Crippen LogP contribution in [0.4, 0.5) is 5.95 Å². The summed E-state index contributed by atoms with van der Waals surface area (Å²) in [7, 11) is 5.52. The summed E-state index contributed by atoms with van der Waals surface area (Å²) in [4.78, 5) is 24.6. The van der Waals surface area contributed by atoms with Crippen molar-refractivity contribution in [1.82, 2.24) is 20.0 Å². The molecular weight excluding hydrogens is 294 g/mol. The van der Waals surface area contributed by atoms with Crippen LogP contribution in [-0.2, 0) is 11.3 Å². The quantitative estimate of drug-likeness (QED) is 0.841. The highest BCUT2D eigenvalue weighted by atomic mass is 16.5. The van der Waals surface area contributed by atoms with E-state index in [1.165, 1.54) is 0 Å². The zero-order valence-electron chi connectivity index (χ0n) is 14.5. The number of anilines is 1. The standard InChI is InChI=1S/C16H23N5O2/c1-10(2)15(22)21(6)9-13-12(14-7-11(3)19-23-14)8-17-16(18-13)20(4)5/h7-8,10H,9H2,1-6H3. The van der Waals surface area contributed by atoms with E-state index in [2.05, 4.69) is 15.1 Å². The number of rotatable bonds is 5. The number of carbonyl (C=O) groups is 1. The lowest BCUT2D eigenvalue weighted by molar-refractivity contribution is -0.133. The minimum absolute atomic E-state index is 0.0638. The van der Waals surface area contributed by atoms with Crippen molar-refractivity contribution in [2.75, 3.05) is 26.0 Å². The van der Waals surface area contributed by atoms with Crippen LogP contribution in [0.25, 0.3) is 11.3 Å². The second-order valence-electron chi connectivity index (χ2n) is 6.11. The molecule has 7 nitrogen and oxygen atoms in total. The Morgan fingerprint density at radius 3 is 2.52 bits per heavy atom. The lowest BCUT2D eigenvalue weighted by atomic mass is 10.1. The van der Waals surface area contributed by atoms with Crippen molar-refractivity contribution in [3.8, 4) is 11.3 Å². The fourth-order valence-electron chi connectivity index (χ4n) is 2.18. The van der Waals surface area contributed by atoms with Crippen LogP contribution < -0.4 is 4.90 Å². The Labute approximate surface area is 136 Å². The molecule has 0 aliphatic carbocycles. The number of carbonyl (C=O) groups excluding carboxylic acids is 1. The van der Waals surface area contributed by atoms with Gasteiger partial charge in [0.15, 0.2) is 5.76 Å². The fraction of sp³-hybridized carbons (Fsp3) is 0.500. The van der Waals surface area contributed by atoms with Crippen LogP contribution in [0.2, 0.25) is 0 Å². The molecule has 0 fully saturated rings. The maximum atomic E-state index is 12.2. The van der Waals surface area contributed by atoms with E-state index >= 15 is 0 Å². The molecule has 0 unspecified atom stereocenters. The molecule has 124 valence electrons. The Morgan fingerprint density at radius 1 is 1.30 bits per heavy atom. The van der Waals surface area contributed by atoms with Crippen LogP contribution >= 0.6 is 0 Å². The normalized spacial score (nSPS) is 10.9. The van der Waals surface area contributed by atoms with Gasteiger partial charge in [-0.1, -0.05) is 19.0 Å². The van der Waals surface area contributed by atoms with Crippen LogP contribution in [0.15, 0.2) is 16.8 Å². The topological polar surface area (TPSA) is 75.4 Å². The van der Waals surface area contributed by atoms with Crippen molar-refractivity contribution < 1.29 is 9.32 Å². The molecule has 0 aliphatic rings. The number of nitrogens with zero attached hydrogens (tertiary/aromatic N) is 5. The first kappa shape index (κ1) is 16.9. The largest absolute Gasteiger partial charge is 0.356 e. The highest BCUT2D eigenvalue weighted by Crippen LogP contribution is 2.25. The van der Waals surface area contributed by atoms with Crippen LogP contribution in [0.3, 0.4) is 0 Å². The van der Waals surface area contributed by atoms with Gasteiger partial charge in [-0.2, -0.15) is 0 Å². The van der Waals surface area contributed by atoms with Gasteiger partial charge >= 0.3 is 0 Å². The van der Waals surface area contributed by atoms with Crippen molar-refractivity contribution in [2.24, 2.45) is 5.92 Å². The summed E-state index contributed by atoms with van der Waals surface area (Å²) >= 11 is 0. The predicted molar refractivity (Wildman–Crippen MR) is 87.9 cm³/mol. The smallest absolute Gasteiger partial charge is 0.225 e. The molecule has 7 heteroatoms. The van der Waals surface area contributed by atoms with E-state index < -0.39 is 0 Å². The predicted octanol–water partition coefficient (Wildman–Crippen LogP) is 2.12. The summed E-state index contributed by atoms with van der Waals surface area (Å²) in [5.74, 6) is 1.19. The summed E-state index contributed by atoms with van der Waals surface area (Å²) in [5.41, 5.74) is 2.27. The van der Waals surface area contributed by atoms with Crippen LogP contribution in [-0.4, -0.2) is 47.1 Å². The van der Waals surface area contributed by atoms with Gasteiger partial charge in [0.2, 0.25) is 11.9 Å². The van der Waals surface area contributed by atoms with Gasteiger partial charge in [0.1, 0.15) is 0 Å². The van der Waals surface area contributed by atoms with Gasteiger partial charge < -0.3 is 14.3 Å². The van der Waals surface area contributed by atoms with Gasteiger partial charge in [0.25, 0.3) is 0 Å². The molecule has 0 radical (unpaired) electrons. The van der Waals surface area contributed by atoms with Gasteiger partial charge in [0, 0.05) is 39.3 Å². The molecular formula is C16H23N5O2. The molecule has 0 N–H and O–H groups in total. The molecule has 0 aromatic carbocycles. The molecule has 0 spiro atoms. The Kier molecular flexibility index (Phi) is 4.98. The number of amides is 1. The maximum Gasteiger partial charge on any atom is 0.225 e. The van der Waals surface area contributed by atoms with Crippen molar-refractivity contribution >= 4 is 11.9 Å². The highest BCUT2D eigenvalue weighted by molar-refractivity contribution is 5.78. The molecule has 0 atom stereocenters. The molecule has 2 rings (SSSR count). The first-order valence-corrected chi connectivity index (χ1v) is 7.51. The Balaban J connectivity index is 2.41. The van der Waals surface area contributed by atoms with E-state index in [0.29, 0.717) is 18.3 Å². The van der Waals surface area contributed by atoms with E-state index in [1.54, 1.807) is 18.1 Å². The molecule has 2 aromatic heterocycles. The summed E-state index contributed by atoms with van der Waals surface area (Å²) in [5, 5.41) is 3.91. The van der Waals surface area contributed by atoms with E-state index in [1.807, 2.05) is 45.8 Å². The molecule has 0 bridgehead atoms. The van der Waals surface area contributed by atoms with E-state index in [-0.39, 0.29) is 11.8 Å². The third kappa shape index (κ3) is 3.85. The molecule has 0 saturated heterocycles. The minimum atomic E-state index is -0.0638. The van der Waals surface area contributed by atoms with Gasteiger partial charge in [-0.05, 0) is 6.92 Å². The van der Waals surface area contributed by atoms with Crippen LogP contribution in [0.1, 0.15) is 25.2 Å². The number of aryl methyl sites for hydroxylation is 1. The zero-order chi connectivity index (χ0) is 17.1. The average Bonchev–Trinajstić information content (AvgIpc) is 2.92. The Bertz CT molecular complexity index is 694. The Hall–Kier alpha value is -2.44. The first-order valence-electron chi connectivity index (χ1n) is 7.51. The summed E-state index contributed by atoms with van der Waals surface area (Å²) < 4.78 is 5.33. The molecule has 23 heavy (non-hydrogen) atoms. The third-order valence-electron chi connectivity index (χ3n) is 3.41. The second-order valence-corrected chi connectivity index (χ2v) is 6.11. The monoisotopic (exact) mass is 317 g/mol. The molecule has 2 aromatic rings. The lowest BCUT2D eigenvalue weighted by Gasteiger charge is -2.21. The van der Waals surface area contributed by atoms with Gasteiger partial charge in [-0.3, -0.25) is 4.79 Å². The SMILES string of the molecule is Cc1cc(-c2cnc(N(C)C)nc2CN(C)C(=O)C(C)C)on1. The van der Waals surface area contributed by atoms with Gasteiger partial charge in [0.05, 0.1) is 23.5 Å². The van der Waals surface area contributed by atoms with Crippen molar-refractivity contribution in [1.29, 1.82) is 0 Å². The number of aromatic nitrogens is 3. The zero-order valence-corrected chi connectivity index (χ0v) is 14.5. The minimum Gasteiger partial charge on any atom is -0.356 e. The van der Waals surface area contributed by atoms with Crippen LogP contribution in [0.5, 0.6) is 0 Å². The maximum absolute atomic E-state index is 12.2. The molecule has 1 amide bonds. The second kappa shape index (κ2) is 6.76. The molecule has 0 aliphatic heterocycles. The van der Waals surface area contributed by atoms with Gasteiger partial charge in [-0.25, -0.2) is 9.97 Å². The fourth-order valence-corrected chi connectivity index (χ4v) is 2.18. The third-order valence-corrected chi connectivity index (χ3v) is 3.41.